The van der Waals surface area contributed by atoms with Crippen LogP contribution in [0, 0.1) is 5.92 Å². The first-order valence-electron chi connectivity index (χ1n) is 6.53. The second kappa shape index (κ2) is 5.46. The molecule has 0 saturated carbocycles. The Labute approximate surface area is 103 Å². The van der Waals surface area contributed by atoms with Gasteiger partial charge < -0.3 is 5.73 Å². The van der Waals surface area contributed by atoms with Gasteiger partial charge in [0.25, 0.3) is 0 Å². The fraction of sp³-hybridized carbons (Fsp3) is 0.533. The summed E-state index contributed by atoms with van der Waals surface area (Å²) in [5, 5.41) is 0. The molecule has 0 spiro atoms. The highest BCUT2D eigenvalue weighted by Gasteiger charge is 2.28. The standard InChI is InChI=1S/C15H21NO/c1-11(5-4-8-16)15(17)10-13-9-12-6-2-3-7-14(12)13/h2-3,6-7,11,13H,4-5,8-10,16H2,1H3. The number of fused-ring (bicyclic) bond motifs is 1. The van der Waals surface area contributed by atoms with Gasteiger partial charge in [0.2, 0.25) is 0 Å². The van der Waals surface area contributed by atoms with Crippen molar-refractivity contribution in [2.75, 3.05) is 6.54 Å². The molecule has 2 heteroatoms. The van der Waals surface area contributed by atoms with Crippen molar-refractivity contribution in [2.45, 2.75) is 38.5 Å². The minimum atomic E-state index is 0.173. The normalized spacial score (nSPS) is 19.3. The van der Waals surface area contributed by atoms with Gasteiger partial charge in [-0.1, -0.05) is 31.2 Å². The Morgan fingerprint density at radius 1 is 1.47 bits per heavy atom. The third-order valence-electron chi connectivity index (χ3n) is 3.80. The van der Waals surface area contributed by atoms with E-state index in [1.54, 1.807) is 0 Å². The SMILES string of the molecule is CC(CCCN)C(=O)CC1Cc2ccccc21. The number of nitrogens with two attached hydrogens (primary N) is 1. The topological polar surface area (TPSA) is 43.1 Å². The molecule has 0 heterocycles. The third-order valence-corrected chi connectivity index (χ3v) is 3.80. The minimum Gasteiger partial charge on any atom is -0.330 e. The molecule has 2 nitrogen and oxygen atoms in total. The van der Waals surface area contributed by atoms with E-state index in [1.807, 2.05) is 6.92 Å². The fourth-order valence-electron chi connectivity index (χ4n) is 2.57. The maximum Gasteiger partial charge on any atom is 0.136 e. The first-order chi connectivity index (χ1) is 8.22. The van der Waals surface area contributed by atoms with Crippen molar-refractivity contribution in [1.29, 1.82) is 0 Å². The summed E-state index contributed by atoms with van der Waals surface area (Å²) in [5.41, 5.74) is 8.27. The van der Waals surface area contributed by atoms with Crippen molar-refractivity contribution < 1.29 is 4.79 Å². The van der Waals surface area contributed by atoms with Crippen molar-refractivity contribution >= 4 is 5.78 Å². The van der Waals surface area contributed by atoms with Crippen LogP contribution in [0.2, 0.25) is 0 Å². The van der Waals surface area contributed by atoms with Gasteiger partial charge in [-0.05, 0) is 42.9 Å². The lowest BCUT2D eigenvalue weighted by Crippen LogP contribution is -2.23. The molecular formula is C15H21NO. The van der Waals surface area contributed by atoms with E-state index in [0.717, 1.165) is 19.3 Å². The molecule has 1 aliphatic rings. The number of carbonyl (C=O) groups is 1. The molecule has 0 aliphatic heterocycles. The molecule has 2 atom stereocenters. The number of benzene rings is 1. The highest BCUT2D eigenvalue weighted by atomic mass is 16.1. The summed E-state index contributed by atoms with van der Waals surface area (Å²) < 4.78 is 0. The Kier molecular flexibility index (Phi) is 3.95. The van der Waals surface area contributed by atoms with Crippen molar-refractivity contribution in [3.05, 3.63) is 35.4 Å². The molecule has 0 radical (unpaired) electrons. The maximum absolute atomic E-state index is 12.0. The number of carbonyl (C=O) groups excluding carboxylic acids is 1. The Morgan fingerprint density at radius 3 is 2.94 bits per heavy atom. The quantitative estimate of drug-likeness (QED) is 0.818. The van der Waals surface area contributed by atoms with Crippen LogP contribution in [0.15, 0.2) is 24.3 Å². The highest BCUT2D eigenvalue weighted by Crippen LogP contribution is 2.38. The molecule has 0 bridgehead atoms. The van der Waals surface area contributed by atoms with Crippen LogP contribution in [-0.4, -0.2) is 12.3 Å². The number of hydrogen-bond acceptors (Lipinski definition) is 2. The predicted molar refractivity (Wildman–Crippen MR) is 70.0 cm³/mol. The van der Waals surface area contributed by atoms with Crippen LogP contribution in [0.25, 0.3) is 0 Å². The monoisotopic (exact) mass is 231 g/mol. The molecule has 0 aromatic heterocycles. The van der Waals surface area contributed by atoms with Gasteiger partial charge in [0.15, 0.2) is 0 Å². The molecule has 1 aliphatic carbocycles. The van der Waals surface area contributed by atoms with Gasteiger partial charge in [-0.2, -0.15) is 0 Å². The zero-order valence-corrected chi connectivity index (χ0v) is 10.5. The van der Waals surface area contributed by atoms with Crippen LogP contribution in [0.1, 0.15) is 43.2 Å². The van der Waals surface area contributed by atoms with Crippen molar-refractivity contribution in [2.24, 2.45) is 11.7 Å². The van der Waals surface area contributed by atoms with Crippen LogP contribution in [0.4, 0.5) is 0 Å². The average molecular weight is 231 g/mol. The van der Waals surface area contributed by atoms with Gasteiger partial charge in [0, 0.05) is 12.3 Å². The second-order valence-corrected chi connectivity index (χ2v) is 5.10. The van der Waals surface area contributed by atoms with Gasteiger partial charge in [0.05, 0.1) is 0 Å². The smallest absolute Gasteiger partial charge is 0.136 e. The molecule has 0 saturated heterocycles. The van der Waals surface area contributed by atoms with Crippen LogP contribution >= 0.6 is 0 Å². The number of rotatable bonds is 6. The number of ketones is 1. The predicted octanol–water partition coefficient (Wildman–Crippen LogP) is 2.66. The summed E-state index contributed by atoms with van der Waals surface area (Å²) in [6.07, 6.45) is 3.67. The zero-order chi connectivity index (χ0) is 12.3. The Bertz CT molecular complexity index is 400. The van der Waals surface area contributed by atoms with E-state index in [0.29, 0.717) is 24.7 Å². The summed E-state index contributed by atoms with van der Waals surface area (Å²) in [6, 6.07) is 8.45. The van der Waals surface area contributed by atoms with Crippen LogP contribution in [0.3, 0.4) is 0 Å². The first-order valence-corrected chi connectivity index (χ1v) is 6.53. The number of Topliss-reactive ketones (excluding diaryl/α,β-unsaturated/α-hetero) is 1. The maximum atomic E-state index is 12.0. The molecular weight excluding hydrogens is 210 g/mol. The van der Waals surface area contributed by atoms with E-state index in [9.17, 15) is 4.79 Å². The van der Waals surface area contributed by atoms with E-state index in [1.165, 1.54) is 11.1 Å². The molecule has 1 aromatic carbocycles. The summed E-state index contributed by atoms with van der Waals surface area (Å²) in [7, 11) is 0. The van der Waals surface area contributed by atoms with E-state index >= 15 is 0 Å². The molecule has 0 amide bonds. The van der Waals surface area contributed by atoms with Crippen LogP contribution in [0.5, 0.6) is 0 Å². The largest absolute Gasteiger partial charge is 0.330 e. The number of hydrogen-bond donors (Lipinski definition) is 1. The Morgan fingerprint density at radius 2 is 2.24 bits per heavy atom. The average Bonchev–Trinajstić information content (AvgIpc) is 2.32. The third kappa shape index (κ3) is 2.75. The summed E-state index contributed by atoms with van der Waals surface area (Å²) in [4.78, 5) is 12.0. The van der Waals surface area contributed by atoms with Crippen molar-refractivity contribution in [1.82, 2.24) is 0 Å². The lowest BCUT2D eigenvalue weighted by Gasteiger charge is -2.30. The minimum absolute atomic E-state index is 0.173. The molecule has 1 aromatic rings. The Balaban J connectivity index is 1.85. The Hall–Kier alpha value is -1.15. The molecule has 2 rings (SSSR count). The van der Waals surface area contributed by atoms with Crippen LogP contribution < -0.4 is 5.73 Å². The second-order valence-electron chi connectivity index (χ2n) is 5.10. The highest BCUT2D eigenvalue weighted by molar-refractivity contribution is 5.82. The van der Waals surface area contributed by atoms with Gasteiger partial charge in [-0.25, -0.2) is 0 Å². The lowest BCUT2D eigenvalue weighted by atomic mass is 9.74. The molecule has 2 unspecified atom stereocenters. The van der Waals surface area contributed by atoms with Crippen molar-refractivity contribution in [3.8, 4) is 0 Å². The molecule has 0 fully saturated rings. The van der Waals surface area contributed by atoms with E-state index in [-0.39, 0.29) is 5.92 Å². The lowest BCUT2D eigenvalue weighted by molar-refractivity contribution is -0.123. The molecule has 2 N–H and O–H groups in total. The fourth-order valence-corrected chi connectivity index (χ4v) is 2.57. The summed E-state index contributed by atoms with van der Waals surface area (Å²) in [5.74, 6) is 1.04. The van der Waals surface area contributed by atoms with Crippen molar-refractivity contribution in [3.63, 3.8) is 0 Å². The molecule has 17 heavy (non-hydrogen) atoms. The van der Waals surface area contributed by atoms with Gasteiger partial charge >= 0.3 is 0 Å². The summed E-state index contributed by atoms with van der Waals surface area (Å²) in [6.45, 7) is 2.71. The molecule has 92 valence electrons. The van der Waals surface area contributed by atoms with E-state index in [4.69, 9.17) is 5.73 Å². The van der Waals surface area contributed by atoms with Gasteiger partial charge in [0.1, 0.15) is 5.78 Å². The van der Waals surface area contributed by atoms with Crippen LogP contribution in [-0.2, 0) is 11.2 Å². The summed E-state index contributed by atoms with van der Waals surface area (Å²) >= 11 is 0. The van der Waals surface area contributed by atoms with Gasteiger partial charge in [-0.3, -0.25) is 4.79 Å². The first kappa shape index (κ1) is 12.3. The zero-order valence-electron chi connectivity index (χ0n) is 10.5. The van der Waals surface area contributed by atoms with Gasteiger partial charge in [-0.15, -0.1) is 0 Å². The van der Waals surface area contributed by atoms with E-state index < -0.39 is 0 Å². The van der Waals surface area contributed by atoms with E-state index in [2.05, 4.69) is 24.3 Å².